The Morgan fingerprint density at radius 2 is 2.35 bits per heavy atom. The minimum Gasteiger partial charge on any atom is -0.368 e. The van der Waals surface area contributed by atoms with E-state index in [4.69, 9.17) is 5.73 Å². The lowest BCUT2D eigenvalue weighted by Gasteiger charge is -2.34. The predicted molar refractivity (Wildman–Crippen MR) is 81.0 cm³/mol. The third kappa shape index (κ3) is 2.96. The van der Waals surface area contributed by atoms with Crippen molar-refractivity contribution in [2.45, 2.75) is 19.4 Å². The molecule has 1 aliphatic rings. The van der Waals surface area contributed by atoms with Crippen LogP contribution in [0.5, 0.6) is 0 Å². The van der Waals surface area contributed by atoms with Crippen molar-refractivity contribution in [2.24, 2.45) is 11.7 Å². The second-order valence-corrected chi connectivity index (χ2v) is 5.77. The van der Waals surface area contributed by atoms with Crippen molar-refractivity contribution >= 4 is 27.5 Å². The van der Waals surface area contributed by atoms with E-state index in [1.54, 1.807) is 13.1 Å². The van der Waals surface area contributed by atoms with Crippen LogP contribution >= 0.6 is 15.9 Å². The van der Waals surface area contributed by atoms with Crippen LogP contribution in [0.2, 0.25) is 0 Å². The maximum atomic E-state index is 14.4. The number of hydrogen-bond donors (Lipinski definition) is 2. The van der Waals surface area contributed by atoms with Crippen LogP contribution in [0.25, 0.3) is 0 Å². The van der Waals surface area contributed by atoms with Crippen molar-refractivity contribution in [3.8, 4) is 0 Å². The van der Waals surface area contributed by atoms with E-state index < -0.39 is 0 Å². The second kappa shape index (κ2) is 6.54. The summed E-state index contributed by atoms with van der Waals surface area (Å²) in [4.78, 5) is 13.7. The summed E-state index contributed by atoms with van der Waals surface area (Å²) < 4.78 is 14.8. The highest BCUT2D eigenvalue weighted by Gasteiger charge is 2.27. The van der Waals surface area contributed by atoms with Gasteiger partial charge in [-0.05, 0) is 40.4 Å². The number of anilines is 1. The first-order chi connectivity index (χ1) is 9.58. The van der Waals surface area contributed by atoms with Gasteiger partial charge in [0.15, 0.2) is 5.82 Å². The van der Waals surface area contributed by atoms with Crippen molar-refractivity contribution in [3.63, 3.8) is 0 Å². The average molecular weight is 344 g/mol. The zero-order chi connectivity index (χ0) is 14.7. The Balaban J connectivity index is 2.23. The highest BCUT2D eigenvalue weighted by atomic mass is 79.9. The quantitative estimate of drug-likeness (QED) is 0.882. The van der Waals surface area contributed by atoms with E-state index >= 15 is 0 Å². The molecule has 1 saturated heterocycles. The van der Waals surface area contributed by atoms with Crippen LogP contribution in [-0.4, -0.2) is 26.0 Å². The number of nitrogens with one attached hydrogen (secondary N) is 1. The fourth-order valence-electron chi connectivity index (χ4n) is 2.60. The summed E-state index contributed by atoms with van der Waals surface area (Å²) in [6.07, 6.45) is 1.73. The number of carbonyl (C=O) groups is 1. The van der Waals surface area contributed by atoms with Crippen LogP contribution in [0.4, 0.5) is 10.1 Å². The smallest absolute Gasteiger partial charge is 0.224 e. The number of carbonyl (C=O) groups excluding carboxylic acids is 1. The number of amides is 1. The lowest BCUT2D eigenvalue weighted by molar-refractivity contribution is -0.124. The SMILES string of the molecule is CNC(=O)C1CCCN(c2ccc(CN)c(Br)c2F)C1. The second-order valence-electron chi connectivity index (χ2n) is 4.98. The fraction of sp³-hybridized carbons (Fsp3) is 0.500. The first-order valence-electron chi connectivity index (χ1n) is 6.72. The van der Waals surface area contributed by atoms with Gasteiger partial charge < -0.3 is 16.0 Å². The van der Waals surface area contributed by atoms with E-state index in [1.807, 2.05) is 11.0 Å². The monoisotopic (exact) mass is 343 g/mol. The largest absolute Gasteiger partial charge is 0.368 e. The van der Waals surface area contributed by atoms with Crippen LogP contribution in [0.3, 0.4) is 0 Å². The number of nitrogens with zero attached hydrogens (tertiary/aromatic N) is 1. The molecule has 1 aromatic carbocycles. The van der Waals surface area contributed by atoms with Gasteiger partial charge in [0.2, 0.25) is 5.91 Å². The molecule has 1 unspecified atom stereocenters. The summed E-state index contributed by atoms with van der Waals surface area (Å²) in [5.41, 5.74) is 6.84. The number of nitrogens with two attached hydrogens (primary N) is 1. The van der Waals surface area contributed by atoms with E-state index in [2.05, 4.69) is 21.2 Å². The summed E-state index contributed by atoms with van der Waals surface area (Å²) in [7, 11) is 1.63. The van der Waals surface area contributed by atoms with E-state index in [-0.39, 0.29) is 17.6 Å². The molecule has 1 fully saturated rings. The van der Waals surface area contributed by atoms with Crippen LogP contribution in [0.15, 0.2) is 16.6 Å². The first-order valence-corrected chi connectivity index (χ1v) is 7.51. The molecule has 110 valence electrons. The zero-order valence-corrected chi connectivity index (χ0v) is 13.0. The van der Waals surface area contributed by atoms with Crippen LogP contribution in [-0.2, 0) is 11.3 Å². The van der Waals surface area contributed by atoms with Gasteiger partial charge in [0.25, 0.3) is 0 Å². The van der Waals surface area contributed by atoms with Crippen LogP contribution < -0.4 is 16.0 Å². The standard InChI is InChI=1S/C14H19BrFN3O/c1-18-14(20)10-3-2-6-19(8-10)11-5-4-9(7-17)12(15)13(11)16/h4-5,10H,2-3,6-8,17H2,1H3,(H,18,20). The molecule has 6 heteroatoms. The molecule has 1 aliphatic heterocycles. The zero-order valence-electron chi connectivity index (χ0n) is 11.5. The normalized spacial score (nSPS) is 19.0. The summed E-state index contributed by atoms with van der Waals surface area (Å²) in [6, 6.07) is 3.57. The van der Waals surface area contributed by atoms with Crippen molar-refractivity contribution < 1.29 is 9.18 Å². The molecule has 0 saturated carbocycles. The first kappa shape index (κ1) is 15.3. The van der Waals surface area contributed by atoms with Gasteiger partial charge in [0, 0.05) is 26.7 Å². The average Bonchev–Trinajstić information content (AvgIpc) is 2.49. The number of rotatable bonds is 3. The molecular weight excluding hydrogens is 325 g/mol. The molecule has 1 heterocycles. The highest BCUT2D eigenvalue weighted by Crippen LogP contribution is 2.31. The molecule has 3 N–H and O–H groups in total. The maximum Gasteiger partial charge on any atom is 0.224 e. The third-order valence-electron chi connectivity index (χ3n) is 3.74. The van der Waals surface area contributed by atoms with Gasteiger partial charge in [-0.3, -0.25) is 4.79 Å². The molecule has 0 bridgehead atoms. The van der Waals surface area contributed by atoms with E-state index in [0.717, 1.165) is 24.9 Å². The predicted octanol–water partition coefficient (Wildman–Crippen LogP) is 2.01. The molecule has 0 aromatic heterocycles. The van der Waals surface area contributed by atoms with Crippen molar-refractivity contribution in [2.75, 3.05) is 25.0 Å². The summed E-state index contributed by atoms with van der Waals surface area (Å²) in [5, 5.41) is 2.67. The number of hydrogen-bond acceptors (Lipinski definition) is 3. The molecule has 2 rings (SSSR count). The summed E-state index contributed by atoms with van der Waals surface area (Å²) in [5.74, 6) is -0.362. The Morgan fingerprint density at radius 1 is 1.60 bits per heavy atom. The van der Waals surface area contributed by atoms with Gasteiger partial charge in [0.1, 0.15) is 0 Å². The topological polar surface area (TPSA) is 58.4 Å². The molecule has 1 amide bonds. The summed E-state index contributed by atoms with van der Waals surface area (Å²) >= 11 is 3.25. The van der Waals surface area contributed by atoms with Gasteiger partial charge in [-0.25, -0.2) is 4.39 Å². The molecule has 0 radical (unpaired) electrons. The molecule has 4 nitrogen and oxygen atoms in total. The minimum atomic E-state index is -0.300. The van der Waals surface area contributed by atoms with Crippen molar-refractivity contribution in [3.05, 3.63) is 28.0 Å². The van der Waals surface area contributed by atoms with Gasteiger partial charge in [-0.1, -0.05) is 6.07 Å². The van der Waals surface area contributed by atoms with Crippen LogP contribution in [0, 0.1) is 11.7 Å². The molecule has 1 aromatic rings. The lowest BCUT2D eigenvalue weighted by atomic mass is 9.96. The third-order valence-corrected chi connectivity index (χ3v) is 4.60. The Bertz CT molecular complexity index is 509. The Labute approximate surface area is 126 Å². The number of piperidine rings is 1. The van der Waals surface area contributed by atoms with Crippen LogP contribution in [0.1, 0.15) is 18.4 Å². The molecule has 1 atom stereocenters. The molecule has 0 aliphatic carbocycles. The lowest BCUT2D eigenvalue weighted by Crippen LogP contribution is -2.42. The van der Waals surface area contributed by atoms with Crippen molar-refractivity contribution in [1.29, 1.82) is 0 Å². The van der Waals surface area contributed by atoms with Gasteiger partial charge in [0.05, 0.1) is 16.1 Å². The number of halogens is 2. The van der Waals surface area contributed by atoms with Gasteiger partial charge in [-0.2, -0.15) is 0 Å². The maximum absolute atomic E-state index is 14.4. The van der Waals surface area contributed by atoms with Crippen molar-refractivity contribution in [1.82, 2.24) is 5.32 Å². The fourth-order valence-corrected chi connectivity index (χ4v) is 3.09. The number of benzene rings is 1. The molecule has 0 spiro atoms. The summed E-state index contributed by atoms with van der Waals surface area (Å²) in [6.45, 7) is 1.60. The van der Waals surface area contributed by atoms with E-state index in [0.29, 0.717) is 23.2 Å². The van der Waals surface area contributed by atoms with E-state index in [1.165, 1.54) is 0 Å². The highest BCUT2D eigenvalue weighted by molar-refractivity contribution is 9.10. The van der Waals surface area contributed by atoms with Gasteiger partial charge in [-0.15, -0.1) is 0 Å². The Kier molecular flexibility index (Phi) is 4.99. The van der Waals surface area contributed by atoms with E-state index in [9.17, 15) is 9.18 Å². The van der Waals surface area contributed by atoms with Gasteiger partial charge >= 0.3 is 0 Å². The molecular formula is C14H19BrFN3O. The molecule has 20 heavy (non-hydrogen) atoms. The minimum absolute atomic E-state index is 0.0211. The Morgan fingerprint density at radius 3 is 3.00 bits per heavy atom. The Hall–Kier alpha value is -1.14.